The predicted octanol–water partition coefficient (Wildman–Crippen LogP) is 4.72. The number of carbonyl (C=O) groups is 1. The smallest absolute Gasteiger partial charge is 0.343 e. The van der Waals surface area contributed by atoms with E-state index in [4.69, 9.17) is 9.15 Å². The van der Waals surface area contributed by atoms with Crippen LogP contribution in [-0.2, 0) is 9.53 Å². The summed E-state index contributed by atoms with van der Waals surface area (Å²) in [6, 6.07) is 15.9. The molecule has 2 heterocycles. The van der Waals surface area contributed by atoms with Crippen LogP contribution in [0.5, 0.6) is 0 Å². The maximum Gasteiger partial charge on any atom is 0.343 e. The van der Waals surface area contributed by atoms with Crippen molar-refractivity contribution in [1.29, 1.82) is 0 Å². The Bertz CT molecular complexity index is 960. The number of fused-ring (bicyclic) bond motifs is 1. The zero-order chi connectivity index (χ0) is 15.8. The third-order valence-electron chi connectivity index (χ3n) is 3.85. The highest BCUT2D eigenvalue weighted by Gasteiger charge is 2.22. The molecule has 0 saturated heterocycles. The molecule has 0 radical (unpaired) electrons. The van der Waals surface area contributed by atoms with Crippen LogP contribution in [0.15, 0.2) is 70.9 Å². The highest BCUT2D eigenvalue weighted by molar-refractivity contribution is 6.05. The van der Waals surface area contributed by atoms with Gasteiger partial charge in [0.2, 0.25) is 0 Å². The molecule has 0 saturated carbocycles. The van der Waals surface area contributed by atoms with Crippen LogP contribution in [0.2, 0.25) is 0 Å². The summed E-state index contributed by atoms with van der Waals surface area (Å²) in [6.07, 6.45) is 5.00. The number of benzene rings is 2. The van der Waals surface area contributed by atoms with Crippen molar-refractivity contribution in [2.75, 3.05) is 0 Å². The summed E-state index contributed by atoms with van der Waals surface area (Å²) in [7, 11) is 0. The topological polar surface area (TPSA) is 39.4 Å². The Hall–Kier alpha value is -3.07. The van der Waals surface area contributed by atoms with Crippen LogP contribution in [0.4, 0.5) is 0 Å². The van der Waals surface area contributed by atoms with Gasteiger partial charge in [0.1, 0.15) is 11.5 Å². The Balaban J connectivity index is 1.73. The summed E-state index contributed by atoms with van der Waals surface area (Å²) < 4.78 is 10.6. The average Bonchev–Trinajstić information content (AvgIpc) is 3.18. The van der Waals surface area contributed by atoms with Crippen molar-refractivity contribution in [1.82, 2.24) is 0 Å². The molecule has 23 heavy (non-hydrogen) atoms. The second-order valence-corrected chi connectivity index (χ2v) is 5.58. The van der Waals surface area contributed by atoms with Crippen molar-refractivity contribution >= 4 is 28.6 Å². The molecule has 112 valence electrons. The highest BCUT2D eigenvalue weighted by atomic mass is 16.5. The van der Waals surface area contributed by atoms with Crippen LogP contribution < -0.4 is 0 Å². The molecule has 1 aromatic heterocycles. The van der Waals surface area contributed by atoms with E-state index in [-0.39, 0.29) is 5.97 Å². The maximum absolute atomic E-state index is 12.0. The van der Waals surface area contributed by atoms with Crippen LogP contribution >= 0.6 is 0 Å². The van der Waals surface area contributed by atoms with Gasteiger partial charge in [0.15, 0.2) is 0 Å². The van der Waals surface area contributed by atoms with Gasteiger partial charge in [-0.05, 0) is 48.0 Å². The van der Waals surface area contributed by atoms with Gasteiger partial charge in [-0.15, -0.1) is 0 Å². The zero-order valence-corrected chi connectivity index (χ0v) is 12.6. The molecule has 0 atom stereocenters. The first kappa shape index (κ1) is 13.6. The lowest BCUT2D eigenvalue weighted by Crippen LogP contribution is -1.97. The largest absolute Gasteiger partial charge is 0.465 e. The molecule has 4 rings (SSSR count). The van der Waals surface area contributed by atoms with Gasteiger partial charge in [0.05, 0.1) is 11.8 Å². The van der Waals surface area contributed by atoms with Gasteiger partial charge in [0.25, 0.3) is 0 Å². The quantitative estimate of drug-likeness (QED) is 0.508. The SMILES string of the molecule is Cc1ccc2cc(C3=CC(=Cc4ccco4)C(=O)O3)ccc2c1. The molecule has 3 aromatic rings. The minimum atomic E-state index is -0.361. The fourth-order valence-electron chi connectivity index (χ4n) is 2.68. The van der Waals surface area contributed by atoms with Gasteiger partial charge in [-0.1, -0.05) is 35.9 Å². The molecule has 0 fully saturated rings. The number of hydrogen-bond donors (Lipinski definition) is 0. The van der Waals surface area contributed by atoms with Crippen molar-refractivity contribution in [2.24, 2.45) is 0 Å². The number of carbonyl (C=O) groups excluding carboxylic acids is 1. The molecule has 3 nitrogen and oxygen atoms in total. The summed E-state index contributed by atoms with van der Waals surface area (Å²) in [4.78, 5) is 12.0. The van der Waals surface area contributed by atoms with E-state index in [1.54, 1.807) is 30.5 Å². The normalized spacial score (nSPS) is 16.0. The van der Waals surface area contributed by atoms with Gasteiger partial charge in [-0.25, -0.2) is 4.79 Å². The van der Waals surface area contributed by atoms with Crippen LogP contribution in [0.3, 0.4) is 0 Å². The van der Waals surface area contributed by atoms with E-state index in [0.717, 1.165) is 10.9 Å². The third-order valence-corrected chi connectivity index (χ3v) is 3.85. The Morgan fingerprint density at radius 1 is 1.00 bits per heavy atom. The average molecular weight is 302 g/mol. The summed E-state index contributed by atoms with van der Waals surface area (Å²) in [5.41, 5.74) is 2.59. The van der Waals surface area contributed by atoms with Crippen molar-refractivity contribution in [3.8, 4) is 0 Å². The molecular weight excluding hydrogens is 288 g/mol. The first-order valence-corrected chi connectivity index (χ1v) is 7.39. The fraction of sp³-hybridized carbons (Fsp3) is 0.0500. The minimum Gasteiger partial charge on any atom is -0.465 e. The van der Waals surface area contributed by atoms with Crippen LogP contribution in [-0.4, -0.2) is 5.97 Å². The lowest BCUT2D eigenvalue weighted by molar-refractivity contribution is -0.130. The van der Waals surface area contributed by atoms with Crippen molar-refractivity contribution in [3.63, 3.8) is 0 Å². The number of hydrogen-bond acceptors (Lipinski definition) is 3. The van der Waals surface area contributed by atoms with E-state index in [0.29, 0.717) is 17.1 Å². The second-order valence-electron chi connectivity index (χ2n) is 5.58. The number of furan rings is 1. The highest BCUT2D eigenvalue weighted by Crippen LogP contribution is 2.29. The minimum absolute atomic E-state index is 0.361. The predicted molar refractivity (Wildman–Crippen MR) is 89.4 cm³/mol. The van der Waals surface area contributed by atoms with E-state index in [9.17, 15) is 4.79 Å². The lowest BCUT2D eigenvalue weighted by atomic mass is 10.0. The molecule has 2 aromatic carbocycles. The van der Waals surface area contributed by atoms with Gasteiger partial charge < -0.3 is 9.15 Å². The fourth-order valence-corrected chi connectivity index (χ4v) is 2.68. The molecule has 0 unspecified atom stereocenters. The van der Waals surface area contributed by atoms with Crippen LogP contribution in [0, 0.1) is 6.92 Å². The van der Waals surface area contributed by atoms with E-state index >= 15 is 0 Å². The third kappa shape index (κ3) is 2.57. The number of cyclic esters (lactones) is 1. The zero-order valence-electron chi connectivity index (χ0n) is 12.6. The van der Waals surface area contributed by atoms with Crippen molar-refractivity contribution < 1.29 is 13.9 Å². The van der Waals surface area contributed by atoms with Gasteiger partial charge in [-0.2, -0.15) is 0 Å². The van der Waals surface area contributed by atoms with Crippen LogP contribution in [0.1, 0.15) is 16.9 Å². The van der Waals surface area contributed by atoms with Crippen LogP contribution in [0.25, 0.3) is 22.6 Å². The Labute approximate surface area is 133 Å². The van der Waals surface area contributed by atoms with Crippen molar-refractivity contribution in [3.05, 3.63) is 83.3 Å². The van der Waals surface area contributed by atoms with E-state index in [2.05, 4.69) is 25.1 Å². The molecule has 0 spiro atoms. The summed E-state index contributed by atoms with van der Waals surface area (Å²) in [5.74, 6) is 0.833. The molecule has 1 aliphatic rings. The standard InChI is InChI=1S/C20H14O3/c1-13-4-5-15-10-16(7-6-14(15)9-13)19-12-17(20(21)23-19)11-18-3-2-8-22-18/h2-12H,1H3. The monoisotopic (exact) mass is 302 g/mol. The number of esters is 1. The first-order valence-electron chi connectivity index (χ1n) is 7.39. The van der Waals surface area contributed by atoms with Gasteiger partial charge in [0, 0.05) is 5.56 Å². The molecule has 0 aliphatic carbocycles. The number of rotatable bonds is 2. The Morgan fingerprint density at radius 3 is 2.65 bits per heavy atom. The summed E-state index contributed by atoms with van der Waals surface area (Å²) in [5, 5.41) is 2.29. The second kappa shape index (κ2) is 5.29. The summed E-state index contributed by atoms with van der Waals surface area (Å²) >= 11 is 0. The van der Waals surface area contributed by atoms with E-state index in [1.165, 1.54) is 10.9 Å². The molecule has 0 amide bonds. The molecule has 1 aliphatic heterocycles. The molecule has 3 heteroatoms. The summed E-state index contributed by atoms with van der Waals surface area (Å²) in [6.45, 7) is 2.07. The molecular formula is C20H14O3. The number of ether oxygens (including phenoxy) is 1. The Kier molecular flexibility index (Phi) is 3.12. The van der Waals surface area contributed by atoms with E-state index < -0.39 is 0 Å². The first-order chi connectivity index (χ1) is 11.2. The maximum atomic E-state index is 12.0. The lowest BCUT2D eigenvalue weighted by Gasteiger charge is -2.05. The Morgan fingerprint density at radius 2 is 1.83 bits per heavy atom. The number of aryl methyl sites for hydroxylation is 1. The molecule has 0 N–H and O–H groups in total. The molecule has 0 bridgehead atoms. The van der Waals surface area contributed by atoms with Crippen molar-refractivity contribution in [2.45, 2.75) is 6.92 Å². The van der Waals surface area contributed by atoms with E-state index in [1.807, 2.05) is 18.2 Å². The van der Waals surface area contributed by atoms with Gasteiger partial charge in [-0.3, -0.25) is 0 Å². The van der Waals surface area contributed by atoms with Gasteiger partial charge >= 0.3 is 5.97 Å².